The molecule has 0 fully saturated rings. The topological polar surface area (TPSA) is 208 Å². The number of aromatic hydroxyl groups is 1. The largest absolute Gasteiger partial charge is 0.508 e. The van der Waals surface area contributed by atoms with E-state index in [-0.39, 0.29) is 25.0 Å². The average Bonchev–Trinajstić information content (AvgIpc) is 2.83. The van der Waals surface area contributed by atoms with Gasteiger partial charge in [-0.1, -0.05) is 26.0 Å². The Morgan fingerprint density at radius 1 is 0.892 bits per heavy atom. The van der Waals surface area contributed by atoms with Gasteiger partial charge in [-0.3, -0.25) is 19.2 Å². The van der Waals surface area contributed by atoms with Crippen molar-refractivity contribution in [1.29, 1.82) is 0 Å². The minimum Gasteiger partial charge on any atom is -0.508 e. The molecule has 0 bridgehead atoms. The molecule has 206 valence electrons. The number of aliphatic carboxylic acids is 2. The molecule has 1 aromatic rings. The molecule has 12 nitrogen and oxygen atoms in total. The molecule has 0 saturated carbocycles. The number of nitrogens with one attached hydrogen (secondary N) is 3. The van der Waals surface area contributed by atoms with Crippen LogP contribution in [0.1, 0.15) is 38.7 Å². The molecule has 8 N–H and O–H groups in total. The fourth-order valence-corrected chi connectivity index (χ4v) is 3.81. The van der Waals surface area contributed by atoms with Crippen molar-refractivity contribution in [3.8, 4) is 5.75 Å². The number of carbonyl (C=O) groups is 5. The van der Waals surface area contributed by atoms with Gasteiger partial charge >= 0.3 is 11.9 Å². The molecular formula is C24H36N4O8S. The van der Waals surface area contributed by atoms with E-state index < -0.39 is 66.2 Å². The molecule has 0 aromatic heterocycles. The minimum absolute atomic E-state index is 0.0683. The maximum Gasteiger partial charge on any atom is 0.326 e. The van der Waals surface area contributed by atoms with Crippen LogP contribution in [0.25, 0.3) is 0 Å². The summed E-state index contributed by atoms with van der Waals surface area (Å²) in [4.78, 5) is 61.1. The number of carbonyl (C=O) groups excluding carboxylic acids is 3. The van der Waals surface area contributed by atoms with Crippen LogP contribution >= 0.6 is 11.8 Å². The van der Waals surface area contributed by atoms with Crippen LogP contribution in [0, 0.1) is 5.92 Å². The highest BCUT2D eigenvalue weighted by Gasteiger charge is 2.32. The molecule has 1 rings (SSSR count). The lowest BCUT2D eigenvalue weighted by Crippen LogP contribution is -2.58. The van der Waals surface area contributed by atoms with Crippen LogP contribution in [0.3, 0.4) is 0 Å². The van der Waals surface area contributed by atoms with Crippen LogP contribution in [0.15, 0.2) is 24.3 Å². The SMILES string of the molecule is CSCCC(NC(=O)C(CCC(=O)O)NC(=O)C(NC(=O)C(N)Cc1ccc(O)cc1)C(C)C)C(=O)O. The molecule has 1 aromatic carbocycles. The Balaban J connectivity index is 2.94. The molecule has 0 radical (unpaired) electrons. The van der Waals surface area contributed by atoms with E-state index in [1.807, 2.05) is 0 Å². The maximum atomic E-state index is 13.0. The molecule has 0 saturated heterocycles. The Morgan fingerprint density at radius 2 is 1.49 bits per heavy atom. The molecule has 4 unspecified atom stereocenters. The first kappa shape index (κ1) is 31.7. The van der Waals surface area contributed by atoms with Crippen LogP contribution in [0.4, 0.5) is 0 Å². The molecule has 0 heterocycles. The van der Waals surface area contributed by atoms with Crippen molar-refractivity contribution >= 4 is 41.4 Å². The first-order chi connectivity index (χ1) is 17.3. The molecule has 0 aliphatic rings. The van der Waals surface area contributed by atoms with E-state index in [1.165, 1.54) is 23.9 Å². The first-order valence-corrected chi connectivity index (χ1v) is 13.1. The van der Waals surface area contributed by atoms with Crippen LogP contribution in [-0.2, 0) is 30.4 Å². The number of carboxylic acid groups (broad SMARTS) is 2. The maximum absolute atomic E-state index is 13.0. The summed E-state index contributed by atoms with van der Waals surface area (Å²) < 4.78 is 0. The van der Waals surface area contributed by atoms with E-state index in [2.05, 4.69) is 16.0 Å². The second-order valence-corrected chi connectivity index (χ2v) is 9.87. The molecule has 13 heteroatoms. The normalized spacial score (nSPS) is 14.2. The number of thioether (sulfide) groups is 1. The summed E-state index contributed by atoms with van der Waals surface area (Å²) in [5.41, 5.74) is 6.70. The number of hydrogen-bond acceptors (Lipinski definition) is 8. The van der Waals surface area contributed by atoms with Gasteiger partial charge in [0.05, 0.1) is 6.04 Å². The summed E-state index contributed by atoms with van der Waals surface area (Å²) in [6, 6.07) is 1.52. The zero-order valence-electron chi connectivity index (χ0n) is 21.1. The average molecular weight is 541 g/mol. The third-order valence-corrected chi connectivity index (χ3v) is 6.12. The van der Waals surface area contributed by atoms with Crippen LogP contribution < -0.4 is 21.7 Å². The Bertz CT molecular complexity index is 941. The smallest absolute Gasteiger partial charge is 0.326 e. The third kappa shape index (κ3) is 11.5. The van der Waals surface area contributed by atoms with Crippen molar-refractivity contribution in [3.63, 3.8) is 0 Å². The van der Waals surface area contributed by atoms with Gasteiger partial charge in [0.2, 0.25) is 17.7 Å². The van der Waals surface area contributed by atoms with Gasteiger partial charge in [-0.2, -0.15) is 11.8 Å². The number of hydrogen-bond donors (Lipinski definition) is 7. The van der Waals surface area contributed by atoms with Gasteiger partial charge in [0, 0.05) is 6.42 Å². The molecule has 0 aliphatic carbocycles. The van der Waals surface area contributed by atoms with Gasteiger partial charge in [0.15, 0.2) is 0 Å². The van der Waals surface area contributed by atoms with Crippen molar-refractivity contribution in [2.45, 2.75) is 63.7 Å². The van der Waals surface area contributed by atoms with E-state index >= 15 is 0 Å². The number of phenolic OH excluding ortho intramolecular Hbond substituents is 1. The summed E-state index contributed by atoms with van der Waals surface area (Å²) in [7, 11) is 0. The van der Waals surface area contributed by atoms with E-state index in [0.717, 1.165) is 0 Å². The van der Waals surface area contributed by atoms with Gasteiger partial charge in [-0.15, -0.1) is 0 Å². The van der Waals surface area contributed by atoms with Crippen LogP contribution in [0.2, 0.25) is 0 Å². The van der Waals surface area contributed by atoms with E-state index in [4.69, 9.17) is 10.8 Å². The van der Waals surface area contributed by atoms with E-state index in [9.17, 15) is 34.2 Å². The number of benzene rings is 1. The fourth-order valence-electron chi connectivity index (χ4n) is 3.34. The highest BCUT2D eigenvalue weighted by Crippen LogP contribution is 2.12. The standard InChI is InChI=1S/C24H36N4O8S/c1-13(2)20(28-21(32)16(25)12-14-4-6-15(29)7-5-14)23(34)26-17(8-9-19(30)31)22(33)27-18(24(35)36)10-11-37-3/h4-7,13,16-18,20,29H,8-12,25H2,1-3H3,(H,26,34)(H,27,33)(H,28,32)(H,30,31)(H,35,36). The summed E-state index contributed by atoms with van der Waals surface area (Å²) in [5, 5.41) is 35.2. The van der Waals surface area contributed by atoms with Gasteiger partial charge < -0.3 is 37.0 Å². The number of nitrogens with two attached hydrogens (primary N) is 1. The van der Waals surface area contributed by atoms with Crippen molar-refractivity contribution < 1.29 is 39.3 Å². The van der Waals surface area contributed by atoms with Crippen molar-refractivity contribution in [1.82, 2.24) is 16.0 Å². The van der Waals surface area contributed by atoms with Crippen LogP contribution in [-0.4, -0.2) is 81.2 Å². The number of amides is 3. The molecule has 37 heavy (non-hydrogen) atoms. The van der Waals surface area contributed by atoms with Crippen molar-refractivity contribution in [3.05, 3.63) is 29.8 Å². The Labute approximate surface area is 219 Å². The van der Waals surface area contributed by atoms with Crippen LogP contribution in [0.5, 0.6) is 5.75 Å². The lowest BCUT2D eigenvalue weighted by Gasteiger charge is -2.27. The van der Waals surface area contributed by atoms with Crippen molar-refractivity contribution in [2.24, 2.45) is 11.7 Å². The summed E-state index contributed by atoms with van der Waals surface area (Å²) in [6.07, 6.45) is 1.35. The predicted octanol–water partition coefficient (Wildman–Crippen LogP) is 0.0749. The van der Waals surface area contributed by atoms with Gasteiger partial charge in [0.25, 0.3) is 0 Å². The molecule has 4 atom stereocenters. The lowest BCUT2D eigenvalue weighted by atomic mass is 10.0. The molecule has 0 aliphatic heterocycles. The van der Waals surface area contributed by atoms with E-state index in [1.54, 1.807) is 32.2 Å². The Kier molecular flexibility index (Phi) is 13.5. The zero-order valence-corrected chi connectivity index (χ0v) is 21.9. The third-order valence-electron chi connectivity index (χ3n) is 5.48. The van der Waals surface area contributed by atoms with Crippen molar-refractivity contribution in [2.75, 3.05) is 12.0 Å². The Morgan fingerprint density at radius 3 is 2.00 bits per heavy atom. The minimum atomic E-state index is -1.33. The lowest BCUT2D eigenvalue weighted by molar-refractivity contribution is -0.143. The number of phenols is 1. The first-order valence-electron chi connectivity index (χ1n) is 11.7. The highest BCUT2D eigenvalue weighted by molar-refractivity contribution is 7.98. The molecular weight excluding hydrogens is 504 g/mol. The molecule has 3 amide bonds. The quantitative estimate of drug-likeness (QED) is 0.150. The predicted molar refractivity (Wildman–Crippen MR) is 138 cm³/mol. The van der Waals surface area contributed by atoms with Gasteiger partial charge in [0.1, 0.15) is 23.9 Å². The second-order valence-electron chi connectivity index (χ2n) is 8.88. The second kappa shape index (κ2) is 15.7. The number of rotatable bonds is 16. The number of carboxylic acids is 2. The Hall–Kier alpha value is -3.32. The summed E-state index contributed by atoms with van der Waals surface area (Å²) >= 11 is 1.40. The molecule has 0 spiro atoms. The summed E-state index contributed by atoms with van der Waals surface area (Å²) in [5.74, 6) is -4.51. The monoisotopic (exact) mass is 540 g/mol. The highest BCUT2D eigenvalue weighted by atomic mass is 32.2. The van der Waals surface area contributed by atoms with Gasteiger partial charge in [-0.25, -0.2) is 4.79 Å². The summed E-state index contributed by atoms with van der Waals surface area (Å²) in [6.45, 7) is 3.34. The zero-order chi connectivity index (χ0) is 28.1. The van der Waals surface area contributed by atoms with E-state index in [0.29, 0.717) is 11.3 Å². The fraction of sp³-hybridized carbons (Fsp3) is 0.542. The van der Waals surface area contributed by atoms with Gasteiger partial charge in [-0.05, 0) is 54.9 Å².